The average Bonchev–Trinajstić information content (AvgIpc) is 2.12. The van der Waals surface area contributed by atoms with E-state index in [0.29, 0.717) is 5.41 Å². The van der Waals surface area contributed by atoms with E-state index in [1.807, 2.05) is 6.21 Å². The highest BCUT2D eigenvalue weighted by Crippen LogP contribution is 2.19. The Hall–Kier alpha value is -0.530. The van der Waals surface area contributed by atoms with Crippen LogP contribution in [0.3, 0.4) is 0 Å². The van der Waals surface area contributed by atoms with E-state index in [-0.39, 0.29) is 0 Å². The van der Waals surface area contributed by atoms with Crippen molar-refractivity contribution >= 4 is 6.21 Å². The lowest BCUT2D eigenvalue weighted by molar-refractivity contribution is 0.267. The maximum absolute atomic E-state index is 4.29. The van der Waals surface area contributed by atoms with Crippen LogP contribution in [-0.2, 0) is 0 Å². The summed E-state index contributed by atoms with van der Waals surface area (Å²) in [6.45, 7) is 8.79. The van der Waals surface area contributed by atoms with E-state index in [9.17, 15) is 0 Å². The van der Waals surface area contributed by atoms with Crippen LogP contribution in [0.5, 0.6) is 0 Å². The quantitative estimate of drug-likeness (QED) is 0.570. The number of hydrogen-bond donors (Lipinski definition) is 0. The maximum Gasteiger partial charge on any atom is 0.0461 e. The fraction of sp³-hybridized carbons (Fsp3) is 0.875. The van der Waals surface area contributed by atoms with E-state index in [1.54, 1.807) is 0 Å². The number of hydrazone groups is 1. The van der Waals surface area contributed by atoms with Gasteiger partial charge in [-0.25, -0.2) is 0 Å². The molecular weight excluding hydrogens is 124 g/mol. The van der Waals surface area contributed by atoms with Crippen molar-refractivity contribution in [1.82, 2.24) is 5.01 Å². The van der Waals surface area contributed by atoms with Crippen molar-refractivity contribution in [3.05, 3.63) is 0 Å². The minimum absolute atomic E-state index is 0.301. The molecule has 10 heavy (non-hydrogen) atoms. The molecule has 0 aromatic heterocycles. The van der Waals surface area contributed by atoms with Gasteiger partial charge in [-0.3, -0.25) is 5.01 Å². The summed E-state index contributed by atoms with van der Waals surface area (Å²) in [5.74, 6) is 0. The lowest BCUT2D eigenvalue weighted by atomic mass is 9.97. The monoisotopic (exact) mass is 140 g/mol. The fourth-order valence-corrected chi connectivity index (χ4v) is 1.18. The minimum atomic E-state index is 0.301. The van der Waals surface area contributed by atoms with Crippen LogP contribution in [0, 0.1) is 5.41 Å². The van der Waals surface area contributed by atoms with Gasteiger partial charge in [0.05, 0.1) is 0 Å². The Morgan fingerprint density at radius 1 is 1.60 bits per heavy atom. The Morgan fingerprint density at radius 2 is 2.30 bits per heavy atom. The molecule has 1 rings (SSSR count). The van der Waals surface area contributed by atoms with Gasteiger partial charge in [0.15, 0.2) is 0 Å². The van der Waals surface area contributed by atoms with Gasteiger partial charge in [-0.15, -0.1) is 0 Å². The van der Waals surface area contributed by atoms with Crippen molar-refractivity contribution in [2.75, 3.05) is 13.1 Å². The first-order valence-electron chi connectivity index (χ1n) is 3.94. The van der Waals surface area contributed by atoms with Crippen LogP contribution in [-0.4, -0.2) is 24.3 Å². The summed E-state index contributed by atoms with van der Waals surface area (Å²) in [7, 11) is 0. The Labute approximate surface area is 62.9 Å². The first-order chi connectivity index (χ1) is 4.64. The summed E-state index contributed by atoms with van der Waals surface area (Å²) in [4.78, 5) is 0. The fourth-order valence-electron chi connectivity index (χ4n) is 1.18. The predicted octanol–water partition coefficient (Wildman–Crippen LogP) is 1.72. The lowest BCUT2D eigenvalue weighted by Gasteiger charge is -2.18. The molecule has 0 N–H and O–H groups in total. The van der Waals surface area contributed by atoms with Gasteiger partial charge < -0.3 is 0 Å². The second kappa shape index (κ2) is 2.60. The molecule has 2 nitrogen and oxygen atoms in total. The smallest absolute Gasteiger partial charge is 0.0461 e. The van der Waals surface area contributed by atoms with Gasteiger partial charge >= 0.3 is 0 Å². The highest BCUT2D eigenvalue weighted by atomic mass is 15.5. The molecule has 0 spiro atoms. The maximum atomic E-state index is 4.29. The van der Waals surface area contributed by atoms with E-state index < -0.39 is 0 Å². The summed E-state index contributed by atoms with van der Waals surface area (Å²) in [5, 5.41) is 6.43. The van der Waals surface area contributed by atoms with Gasteiger partial charge in [0.25, 0.3) is 0 Å². The van der Waals surface area contributed by atoms with Crippen molar-refractivity contribution in [1.29, 1.82) is 0 Å². The first-order valence-corrected chi connectivity index (χ1v) is 3.94. The zero-order chi connectivity index (χ0) is 7.61. The zero-order valence-corrected chi connectivity index (χ0v) is 7.09. The second-order valence-electron chi connectivity index (χ2n) is 3.62. The van der Waals surface area contributed by atoms with Crippen LogP contribution < -0.4 is 0 Å². The Bertz CT molecular complexity index is 138. The molecular formula is C8H16N2. The van der Waals surface area contributed by atoms with Crippen LogP contribution in [0.4, 0.5) is 0 Å². The summed E-state index contributed by atoms with van der Waals surface area (Å²) >= 11 is 0. The average molecular weight is 140 g/mol. The summed E-state index contributed by atoms with van der Waals surface area (Å²) in [6.07, 6.45) is 3.23. The molecule has 0 fully saturated rings. The number of rotatable bonds is 2. The summed E-state index contributed by atoms with van der Waals surface area (Å²) in [5.41, 5.74) is 0.301. The van der Waals surface area contributed by atoms with Crippen molar-refractivity contribution in [2.24, 2.45) is 10.5 Å². The highest BCUT2D eigenvalue weighted by molar-refractivity contribution is 5.66. The molecule has 1 aliphatic heterocycles. The predicted molar refractivity (Wildman–Crippen MR) is 44.1 cm³/mol. The molecule has 0 saturated carbocycles. The van der Waals surface area contributed by atoms with Gasteiger partial charge in [0.1, 0.15) is 0 Å². The number of nitrogens with zero attached hydrogens (tertiary/aromatic N) is 2. The highest BCUT2D eigenvalue weighted by Gasteiger charge is 2.23. The third kappa shape index (κ3) is 1.72. The molecule has 0 aromatic rings. The van der Waals surface area contributed by atoms with E-state index in [1.165, 1.54) is 6.42 Å². The SMILES string of the molecule is CCCN1CC(C)(C)C=N1. The van der Waals surface area contributed by atoms with Crippen LogP contribution in [0.25, 0.3) is 0 Å². The first kappa shape index (κ1) is 7.58. The summed E-state index contributed by atoms with van der Waals surface area (Å²) < 4.78 is 0. The van der Waals surface area contributed by atoms with Crippen LogP contribution >= 0.6 is 0 Å². The van der Waals surface area contributed by atoms with Crippen molar-refractivity contribution in [3.8, 4) is 0 Å². The lowest BCUT2D eigenvalue weighted by Crippen LogP contribution is -2.24. The Kier molecular flexibility index (Phi) is 1.97. The Morgan fingerprint density at radius 3 is 2.70 bits per heavy atom. The third-order valence-electron chi connectivity index (χ3n) is 1.64. The van der Waals surface area contributed by atoms with Crippen molar-refractivity contribution in [3.63, 3.8) is 0 Å². The van der Waals surface area contributed by atoms with Gasteiger partial charge in [-0.1, -0.05) is 20.8 Å². The van der Waals surface area contributed by atoms with E-state index in [0.717, 1.165) is 13.1 Å². The Balaban J connectivity index is 2.38. The zero-order valence-electron chi connectivity index (χ0n) is 7.09. The third-order valence-corrected chi connectivity index (χ3v) is 1.64. The van der Waals surface area contributed by atoms with E-state index in [4.69, 9.17) is 0 Å². The molecule has 0 unspecified atom stereocenters. The molecule has 1 aliphatic rings. The van der Waals surface area contributed by atoms with E-state index in [2.05, 4.69) is 30.9 Å². The number of hydrogen-bond acceptors (Lipinski definition) is 2. The molecule has 0 amide bonds. The van der Waals surface area contributed by atoms with Crippen LogP contribution in [0.1, 0.15) is 27.2 Å². The standard InChI is InChI=1S/C8H16N2/c1-4-5-10-7-8(2,3)6-9-10/h6H,4-5,7H2,1-3H3. The van der Waals surface area contributed by atoms with Gasteiger partial charge in [0, 0.05) is 24.7 Å². The molecule has 58 valence electrons. The van der Waals surface area contributed by atoms with Gasteiger partial charge in [-0.05, 0) is 6.42 Å². The molecule has 2 heteroatoms. The van der Waals surface area contributed by atoms with Crippen molar-refractivity contribution < 1.29 is 0 Å². The largest absolute Gasteiger partial charge is 0.296 e. The van der Waals surface area contributed by atoms with Crippen molar-refractivity contribution in [2.45, 2.75) is 27.2 Å². The molecule has 0 aliphatic carbocycles. The van der Waals surface area contributed by atoms with Gasteiger partial charge in [-0.2, -0.15) is 5.10 Å². The second-order valence-corrected chi connectivity index (χ2v) is 3.62. The molecule has 0 aromatic carbocycles. The molecule has 0 radical (unpaired) electrons. The van der Waals surface area contributed by atoms with Gasteiger partial charge in [0.2, 0.25) is 0 Å². The topological polar surface area (TPSA) is 15.6 Å². The molecule has 0 atom stereocenters. The molecule has 0 saturated heterocycles. The van der Waals surface area contributed by atoms with Crippen LogP contribution in [0.2, 0.25) is 0 Å². The summed E-state index contributed by atoms with van der Waals surface area (Å²) in [6, 6.07) is 0. The van der Waals surface area contributed by atoms with Crippen LogP contribution in [0.15, 0.2) is 5.10 Å². The minimum Gasteiger partial charge on any atom is -0.296 e. The van der Waals surface area contributed by atoms with E-state index >= 15 is 0 Å². The molecule has 0 bridgehead atoms. The molecule has 1 heterocycles. The normalized spacial score (nSPS) is 22.1.